The van der Waals surface area contributed by atoms with Crippen molar-refractivity contribution >= 4 is 23.7 Å². The van der Waals surface area contributed by atoms with Gasteiger partial charge in [-0.25, -0.2) is 0 Å². The Hall–Kier alpha value is -1.49. The van der Waals surface area contributed by atoms with E-state index in [1.54, 1.807) is 23.9 Å². The fourth-order valence-corrected chi connectivity index (χ4v) is 3.46. The maximum Gasteiger partial charge on any atom is 0.311 e. The number of hydrogen-bond donors (Lipinski definition) is 0. The van der Waals surface area contributed by atoms with E-state index in [1.165, 1.54) is 51.4 Å². The number of thioether (sulfide) groups is 1. The maximum atomic E-state index is 11.8. The van der Waals surface area contributed by atoms with Crippen LogP contribution >= 0.6 is 11.8 Å². The van der Waals surface area contributed by atoms with E-state index in [9.17, 15) is 9.59 Å². The second-order valence-corrected chi connectivity index (χ2v) is 8.29. The molecular formula is C24H38O4S. The third-order valence-corrected chi connectivity index (χ3v) is 5.56. The summed E-state index contributed by atoms with van der Waals surface area (Å²) in [7, 11) is 0. The summed E-state index contributed by atoms with van der Waals surface area (Å²) in [6.07, 6.45) is 15.5. The standard InChI is InChI=1S/C24H38O4S/c1-3-4-5-6-7-8-9-10-11-12-20-27-23(25)14-13-15-24(26)28-21-16-18-22(29-2)19-17-21/h16-19H,3-15,20H2,1-2H3. The molecule has 5 heteroatoms. The summed E-state index contributed by atoms with van der Waals surface area (Å²) in [6.45, 7) is 2.73. The first-order valence-electron chi connectivity index (χ1n) is 11.2. The fraction of sp³-hybridized carbons (Fsp3) is 0.667. The third kappa shape index (κ3) is 14.2. The van der Waals surface area contributed by atoms with Gasteiger partial charge in [0.25, 0.3) is 0 Å². The average molecular weight is 423 g/mol. The van der Waals surface area contributed by atoms with E-state index in [0.29, 0.717) is 18.8 Å². The van der Waals surface area contributed by atoms with Crippen molar-refractivity contribution in [3.05, 3.63) is 24.3 Å². The van der Waals surface area contributed by atoms with E-state index in [0.717, 1.165) is 17.7 Å². The van der Waals surface area contributed by atoms with Crippen LogP contribution in [0.4, 0.5) is 0 Å². The van der Waals surface area contributed by atoms with Gasteiger partial charge < -0.3 is 9.47 Å². The summed E-state index contributed by atoms with van der Waals surface area (Å²) in [5, 5.41) is 0. The fourth-order valence-electron chi connectivity index (χ4n) is 3.05. The molecule has 0 aliphatic rings. The molecule has 1 aromatic carbocycles. The second-order valence-electron chi connectivity index (χ2n) is 7.41. The minimum absolute atomic E-state index is 0.220. The van der Waals surface area contributed by atoms with Crippen LogP contribution in [0.5, 0.6) is 5.75 Å². The maximum absolute atomic E-state index is 11.8. The van der Waals surface area contributed by atoms with E-state index in [1.807, 2.05) is 18.4 Å². The Morgan fingerprint density at radius 3 is 1.90 bits per heavy atom. The van der Waals surface area contributed by atoms with Crippen LogP contribution in [0.15, 0.2) is 29.2 Å². The van der Waals surface area contributed by atoms with Gasteiger partial charge in [0.15, 0.2) is 0 Å². The van der Waals surface area contributed by atoms with Crippen LogP contribution in [0.25, 0.3) is 0 Å². The molecule has 0 amide bonds. The van der Waals surface area contributed by atoms with Crippen molar-refractivity contribution in [1.82, 2.24) is 0 Å². The van der Waals surface area contributed by atoms with Crippen molar-refractivity contribution < 1.29 is 19.1 Å². The molecule has 0 saturated carbocycles. The van der Waals surface area contributed by atoms with Crippen LogP contribution in [0.3, 0.4) is 0 Å². The molecule has 0 aromatic heterocycles. The third-order valence-electron chi connectivity index (χ3n) is 4.81. The molecule has 0 unspecified atom stereocenters. The summed E-state index contributed by atoms with van der Waals surface area (Å²) in [6, 6.07) is 7.39. The summed E-state index contributed by atoms with van der Waals surface area (Å²) < 4.78 is 10.5. The molecule has 0 bridgehead atoms. The predicted molar refractivity (Wildman–Crippen MR) is 121 cm³/mol. The Bertz CT molecular complexity index is 557. The number of carbonyl (C=O) groups is 2. The van der Waals surface area contributed by atoms with Gasteiger partial charge in [0, 0.05) is 17.7 Å². The molecule has 0 spiro atoms. The van der Waals surface area contributed by atoms with Gasteiger partial charge in [0.1, 0.15) is 5.75 Å². The monoisotopic (exact) mass is 422 g/mol. The zero-order chi connectivity index (χ0) is 21.2. The van der Waals surface area contributed by atoms with Crippen LogP contribution in [0, 0.1) is 0 Å². The van der Waals surface area contributed by atoms with Crippen LogP contribution in [-0.2, 0) is 14.3 Å². The molecule has 0 heterocycles. The Morgan fingerprint density at radius 1 is 0.759 bits per heavy atom. The van der Waals surface area contributed by atoms with E-state index < -0.39 is 0 Å². The number of carbonyl (C=O) groups excluding carboxylic acids is 2. The average Bonchev–Trinajstić information content (AvgIpc) is 2.72. The van der Waals surface area contributed by atoms with Gasteiger partial charge in [-0.2, -0.15) is 0 Å². The molecule has 0 saturated heterocycles. The first-order valence-corrected chi connectivity index (χ1v) is 12.4. The van der Waals surface area contributed by atoms with Gasteiger partial charge in [-0.1, -0.05) is 64.7 Å². The number of rotatable bonds is 17. The number of hydrogen-bond acceptors (Lipinski definition) is 5. The molecule has 1 aromatic rings. The molecule has 0 radical (unpaired) electrons. The number of ether oxygens (including phenoxy) is 2. The van der Waals surface area contributed by atoms with Crippen LogP contribution in [0.2, 0.25) is 0 Å². The van der Waals surface area contributed by atoms with E-state index >= 15 is 0 Å². The van der Waals surface area contributed by atoms with Crippen molar-refractivity contribution in [2.75, 3.05) is 12.9 Å². The Balaban J connectivity index is 1.93. The molecular weight excluding hydrogens is 384 g/mol. The van der Waals surface area contributed by atoms with Gasteiger partial charge in [0.2, 0.25) is 0 Å². The summed E-state index contributed by atoms with van der Waals surface area (Å²) in [4.78, 5) is 24.7. The summed E-state index contributed by atoms with van der Waals surface area (Å²) >= 11 is 1.64. The topological polar surface area (TPSA) is 52.6 Å². The Morgan fingerprint density at radius 2 is 1.31 bits per heavy atom. The normalized spacial score (nSPS) is 10.7. The van der Waals surface area contributed by atoms with Crippen molar-refractivity contribution in [1.29, 1.82) is 0 Å². The van der Waals surface area contributed by atoms with Crippen molar-refractivity contribution in [2.45, 2.75) is 95.3 Å². The lowest BCUT2D eigenvalue weighted by Crippen LogP contribution is -2.10. The van der Waals surface area contributed by atoms with Gasteiger partial charge in [0.05, 0.1) is 6.61 Å². The highest BCUT2D eigenvalue weighted by molar-refractivity contribution is 7.98. The molecule has 0 aliphatic heterocycles. The van der Waals surface area contributed by atoms with E-state index in [2.05, 4.69) is 6.92 Å². The smallest absolute Gasteiger partial charge is 0.311 e. The number of esters is 2. The van der Waals surface area contributed by atoms with Gasteiger partial charge >= 0.3 is 11.9 Å². The molecule has 0 atom stereocenters. The van der Waals surface area contributed by atoms with E-state index in [-0.39, 0.29) is 24.8 Å². The highest BCUT2D eigenvalue weighted by atomic mass is 32.2. The molecule has 4 nitrogen and oxygen atoms in total. The zero-order valence-electron chi connectivity index (χ0n) is 18.3. The zero-order valence-corrected chi connectivity index (χ0v) is 19.1. The summed E-state index contributed by atoms with van der Waals surface area (Å²) in [5.74, 6) is -0.00113. The van der Waals surface area contributed by atoms with Gasteiger partial charge in [-0.3, -0.25) is 9.59 Å². The van der Waals surface area contributed by atoms with Crippen LogP contribution in [0.1, 0.15) is 90.4 Å². The molecule has 1 rings (SSSR count). The lowest BCUT2D eigenvalue weighted by atomic mass is 10.1. The highest BCUT2D eigenvalue weighted by Gasteiger charge is 2.08. The molecule has 164 valence electrons. The summed E-state index contributed by atoms with van der Waals surface area (Å²) in [5.41, 5.74) is 0. The molecule has 29 heavy (non-hydrogen) atoms. The second kappa shape index (κ2) is 17.4. The number of benzene rings is 1. The van der Waals surface area contributed by atoms with Crippen molar-refractivity contribution in [3.63, 3.8) is 0 Å². The number of unbranched alkanes of at least 4 members (excludes halogenated alkanes) is 9. The van der Waals surface area contributed by atoms with Gasteiger partial charge in [-0.05, 0) is 43.4 Å². The lowest BCUT2D eigenvalue weighted by molar-refractivity contribution is -0.144. The SMILES string of the molecule is CCCCCCCCCCCCOC(=O)CCCC(=O)Oc1ccc(SC)cc1. The molecule has 0 N–H and O–H groups in total. The first kappa shape index (κ1) is 25.5. The highest BCUT2D eigenvalue weighted by Crippen LogP contribution is 2.19. The predicted octanol–water partition coefficient (Wildman–Crippen LogP) is 6.95. The van der Waals surface area contributed by atoms with Crippen molar-refractivity contribution in [2.24, 2.45) is 0 Å². The quantitative estimate of drug-likeness (QED) is 0.118. The molecule has 0 fully saturated rings. The Labute approximate surface area is 181 Å². The van der Waals surface area contributed by atoms with E-state index in [4.69, 9.17) is 9.47 Å². The van der Waals surface area contributed by atoms with Crippen molar-refractivity contribution in [3.8, 4) is 5.75 Å². The minimum Gasteiger partial charge on any atom is -0.466 e. The van der Waals surface area contributed by atoms with Gasteiger partial charge in [-0.15, -0.1) is 11.8 Å². The van der Waals surface area contributed by atoms with Crippen LogP contribution < -0.4 is 4.74 Å². The molecule has 0 aliphatic carbocycles. The largest absolute Gasteiger partial charge is 0.466 e. The Kier molecular flexibility index (Phi) is 15.3. The minimum atomic E-state index is -0.315. The first-order chi connectivity index (χ1) is 14.2. The van der Waals surface area contributed by atoms with Crippen LogP contribution in [-0.4, -0.2) is 24.8 Å². The lowest BCUT2D eigenvalue weighted by Gasteiger charge is -2.06.